The van der Waals surface area contributed by atoms with Crippen LogP contribution < -0.4 is 5.32 Å². The van der Waals surface area contributed by atoms with Crippen LogP contribution in [0.3, 0.4) is 0 Å². The van der Waals surface area contributed by atoms with Gasteiger partial charge in [-0.1, -0.05) is 15.9 Å². The van der Waals surface area contributed by atoms with Gasteiger partial charge in [-0.15, -0.1) is 0 Å². The number of amides is 2. The summed E-state index contributed by atoms with van der Waals surface area (Å²) in [5.74, 6) is -2.99. The zero-order valence-corrected chi connectivity index (χ0v) is 12.2. The number of rotatable bonds is 5. The van der Waals surface area contributed by atoms with Crippen LogP contribution in [-0.4, -0.2) is 35.6 Å². The first-order chi connectivity index (χ1) is 9.31. The third-order valence-electron chi connectivity index (χ3n) is 2.53. The summed E-state index contributed by atoms with van der Waals surface area (Å²) >= 11 is 3.07. The molecule has 1 aromatic rings. The Balaban J connectivity index is 2.56. The van der Waals surface area contributed by atoms with Crippen LogP contribution >= 0.6 is 15.9 Å². The number of carboxylic acids is 1. The smallest absolute Gasteiger partial charge is 0.317 e. The molecule has 20 heavy (non-hydrogen) atoms. The number of nitrogens with zero attached hydrogens (tertiary/aromatic N) is 1. The lowest BCUT2D eigenvalue weighted by atomic mass is 10.2. The van der Waals surface area contributed by atoms with Gasteiger partial charge >= 0.3 is 12.0 Å². The van der Waals surface area contributed by atoms with Gasteiger partial charge in [-0.05, 0) is 17.7 Å². The SMILES string of the molecule is CN(CCC(=O)O)C(=O)NCc1cc(F)c(F)cc1Br. The molecule has 8 heteroatoms. The van der Waals surface area contributed by atoms with Crippen LogP contribution in [0, 0.1) is 11.6 Å². The molecule has 0 aromatic heterocycles. The molecule has 0 atom stereocenters. The molecule has 0 spiro atoms. The molecule has 2 amide bonds. The fraction of sp³-hybridized carbons (Fsp3) is 0.333. The summed E-state index contributed by atoms with van der Waals surface area (Å²) < 4.78 is 26.3. The van der Waals surface area contributed by atoms with E-state index in [4.69, 9.17) is 5.11 Å². The normalized spacial score (nSPS) is 10.2. The van der Waals surface area contributed by atoms with Crippen LogP contribution in [0.25, 0.3) is 0 Å². The first kappa shape index (κ1) is 16.4. The Morgan fingerprint density at radius 2 is 1.95 bits per heavy atom. The van der Waals surface area contributed by atoms with E-state index in [1.807, 2.05) is 0 Å². The van der Waals surface area contributed by atoms with Gasteiger partial charge in [0, 0.05) is 24.6 Å². The summed E-state index contributed by atoms with van der Waals surface area (Å²) in [7, 11) is 1.44. The van der Waals surface area contributed by atoms with Crippen molar-refractivity contribution in [3.63, 3.8) is 0 Å². The first-order valence-corrected chi connectivity index (χ1v) is 6.44. The van der Waals surface area contributed by atoms with Gasteiger partial charge in [-0.2, -0.15) is 0 Å². The quantitative estimate of drug-likeness (QED) is 0.800. The minimum atomic E-state index is -1.01. The third kappa shape index (κ3) is 4.76. The predicted molar refractivity (Wildman–Crippen MR) is 71.2 cm³/mol. The largest absolute Gasteiger partial charge is 0.481 e. The molecule has 1 rings (SSSR count). The second-order valence-electron chi connectivity index (χ2n) is 4.08. The molecule has 0 unspecified atom stereocenters. The molecular weight excluding hydrogens is 338 g/mol. The lowest BCUT2D eigenvalue weighted by molar-refractivity contribution is -0.137. The molecule has 110 valence electrons. The van der Waals surface area contributed by atoms with Gasteiger partial charge in [0.15, 0.2) is 11.6 Å². The van der Waals surface area contributed by atoms with Crippen LogP contribution in [0.15, 0.2) is 16.6 Å². The highest BCUT2D eigenvalue weighted by molar-refractivity contribution is 9.10. The molecule has 0 fully saturated rings. The molecule has 0 aliphatic heterocycles. The maximum Gasteiger partial charge on any atom is 0.317 e. The number of nitrogens with one attached hydrogen (secondary N) is 1. The van der Waals surface area contributed by atoms with Crippen LogP contribution in [0.5, 0.6) is 0 Å². The summed E-state index contributed by atoms with van der Waals surface area (Å²) in [6.07, 6.45) is -0.168. The van der Waals surface area contributed by atoms with Crippen molar-refractivity contribution in [1.29, 1.82) is 0 Å². The van der Waals surface area contributed by atoms with E-state index in [9.17, 15) is 18.4 Å². The van der Waals surface area contributed by atoms with E-state index in [-0.39, 0.29) is 19.5 Å². The lowest BCUT2D eigenvalue weighted by Gasteiger charge is -2.17. The van der Waals surface area contributed by atoms with Gasteiger partial charge in [0.2, 0.25) is 0 Å². The number of urea groups is 1. The first-order valence-electron chi connectivity index (χ1n) is 5.65. The topological polar surface area (TPSA) is 69.6 Å². The van der Waals surface area contributed by atoms with E-state index < -0.39 is 23.6 Å². The minimum absolute atomic E-state index is 0.00592. The van der Waals surface area contributed by atoms with E-state index in [0.717, 1.165) is 12.1 Å². The van der Waals surface area contributed by atoms with Crippen LogP contribution in [0.4, 0.5) is 13.6 Å². The number of carbonyl (C=O) groups is 2. The van der Waals surface area contributed by atoms with Crippen molar-refractivity contribution in [1.82, 2.24) is 10.2 Å². The number of aliphatic carboxylic acids is 1. The van der Waals surface area contributed by atoms with E-state index in [0.29, 0.717) is 10.0 Å². The second-order valence-corrected chi connectivity index (χ2v) is 4.94. The Labute approximate surface area is 122 Å². The molecule has 0 radical (unpaired) electrons. The maximum atomic E-state index is 13.1. The van der Waals surface area contributed by atoms with E-state index in [1.165, 1.54) is 11.9 Å². The minimum Gasteiger partial charge on any atom is -0.481 e. The molecule has 0 saturated carbocycles. The molecule has 0 bridgehead atoms. The van der Waals surface area contributed by atoms with Gasteiger partial charge in [0.25, 0.3) is 0 Å². The fourth-order valence-corrected chi connectivity index (χ4v) is 1.83. The van der Waals surface area contributed by atoms with E-state index >= 15 is 0 Å². The zero-order chi connectivity index (χ0) is 15.3. The van der Waals surface area contributed by atoms with Crippen LogP contribution in [0.1, 0.15) is 12.0 Å². The summed E-state index contributed by atoms with van der Waals surface area (Å²) in [4.78, 5) is 23.2. The van der Waals surface area contributed by atoms with Gasteiger partial charge in [0.05, 0.1) is 6.42 Å². The van der Waals surface area contributed by atoms with Crippen molar-refractivity contribution in [2.75, 3.05) is 13.6 Å². The number of halogens is 3. The number of hydrogen-bond acceptors (Lipinski definition) is 2. The monoisotopic (exact) mass is 350 g/mol. The van der Waals surface area contributed by atoms with Crippen molar-refractivity contribution in [3.05, 3.63) is 33.8 Å². The van der Waals surface area contributed by atoms with Crippen LogP contribution in [0.2, 0.25) is 0 Å². The van der Waals surface area contributed by atoms with Gasteiger partial charge in [-0.25, -0.2) is 13.6 Å². The van der Waals surface area contributed by atoms with Crippen LogP contribution in [-0.2, 0) is 11.3 Å². The molecule has 0 saturated heterocycles. The second kappa shape index (κ2) is 7.18. The zero-order valence-electron chi connectivity index (χ0n) is 10.6. The lowest BCUT2D eigenvalue weighted by Crippen LogP contribution is -2.38. The van der Waals surface area contributed by atoms with Crippen molar-refractivity contribution in [2.24, 2.45) is 0 Å². The van der Waals surface area contributed by atoms with E-state index in [2.05, 4.69) is 21.2 Å². The Kier molecular flexibility index (Phi) is 5.87. The summed E-state index contributed by atoms with van der Waals surface area (Å²) in [5.41, 5.74) is 0.379. The summed E-state index contributed by atoms with van der Waals surface area (Å²) in [5, 5.41) is 11.0. The molecule has 2 N–H and O–H groups in total. The highest BCUT2D eigenvalue weighted by atomic mass is 79.9. The molecule has 0 aliphatic rings. The molecule has 5 nitrogen and oxygen atoms in total. The number of hydrogen-bond donors (Lipinski definition) is 2. The van der Waals surface area contributed by atoms with E-state index in [1.54, 1.807) is 0 Å². The predicted octanol–water partition coefficient (Wildman–Crippen LogP) is 2.34. The molecule has 1 aromatic carbocycles. The number of carbonyl (C=O) groups excluding carboxylic acids is 1. The maximum absolute atomic E-state index is 13.1. The Morgan fingerprint density at radius 1 is 1.35 bits per heavy atom. The number of carboxylic acid groups (broad SMARTS) is 1. The average Bonchev–Trinajstić information content (AvgIpc) is 2.38. The molecule has 0 aliphatic carbocycles. The number of benzene rings is 1. The highest BCUT2D eigenvalue weighted by Gasteiger charge is 2.12. The van der Waals surface area contributed by atoms with Crippen molar-refractivity contribution in [3.8, 4) is 0 Å². The van der Waals surface area contributed by atoms with Crippen molar-refractivity contribution in [2.45, 2.75) is 13.0 Å². The molecular formula is C12H13BrF2N2O3. The third-order valence-corrected chi connectivity index (χ3v) is 3.27. The highest BCUT2D eigenvalue weighted by Crippen LogP contribution is 2.20. The fourth-order valence-electron chi connectivity index (χ4n) is 1.37. The summed E-state index contributed by atoms with van der Waals surface area (Å²) in [6, 6.07) is 1.46. The molecule has 0 heterocycles. The standard InChI is InChI=1S/C12H13BrF2N2O3/c1-17(3-2-11(18)19)12(20)16-6-7-4-9(14)10(15)5-8(7)13/h4-5H,2-3,6H2,1H3,(H,16,20)(H,18,19). The Morgan fingerprint density at radius 3 is 2.55 bits per heavy atom. The van der Waals surface area contributed by atoms with Gasteiger partial charge in [-0.3, -0.25) is 4.79 Å². The Bertz CT molecular complexity index is 526. The summed E-state index contributed by atoms with van der Waals surface area (Å²) in [6.45, 7) is 0.0497. The van der Waals surface area contributed by atoms with Crippen molar-refractivity contribution < 1.29 is 23.5 Å². The Hall–Kier alpha value is -1.70. The van der Waals surface area contributed by atoms with Crippen molar-refractivity contribution >= 4 is 27.9 Å². The average molecular weight is 351 g/mol. The van der Waals surface area contributed by atoms with Gasteiger partial charge < -0.3 is 15.3 Å². The van der Waals surface area contributed by atoms with Gasteiger partial charge in [0.1, 0.15) is 0 Å².